The minimum atomic E-state index is -0.306. The third-order valence-electron chi connectivity index (χ3n) is 4.85. The Balaban J connectivity index is 1.50. The summed E-state index contributed by atoms with van der Waals surface area (Å²) in [5, 5.41) is 12.5. The van der Waals surface area contributed by atoms with Crippen molar-refractivity contribution < 1.29 is 9.59 Å². The fourth-order valence-corrected chi connectivity index (χ4v) is 4.44. The molecule has 148 valence electrons. The first-order valence-corrected chi connectivity index (χ1v) is 10.5. The first-order valence-electron chi connectivity index (χ1n) is 9.30. The molecule has 1 atom stereocenters. The van der Waals surface area contributed by atoms with Crippen molar-refractivity contribution in [1.82, 2.24) is 15.1 Å². The molecule has 1 saturated heterocycles. The molecule has 3 aromatic rings. The molecule has 1 fully saturated rings. The van der Waals surface area contributed by atoms with Crippen molar-refractivity contribution in [2.24, 2.45) is 0 Å². The lowest BCUT2D eigenvalue weighted by molar-refractivity contribution is 0.0735. The van der Waals surface area contributed by atoms with E-state index >= 15 is 0 Å². The summed E-state index contributed by atoms with van der Waals surface area (Å²) in [4.78, 5) is 27.3. The van der Waals surface area contributed by atoms with E-state index in [1.54, 1.807) is 29.2 Å². The highest BCUT2D eigenvalue weighted by Crippen LogP contribution is 2.35. The van der Waals surface area contributed by atoms with E-state index in [0.29, 0.717) is 27.8 Å². The SMILES string of the molecule is Cc1ccc(NC(=O)c2nnc([C@H]3CCCN3C(=O)c3ccccc3Cl)s2)cc1. The number of nitrogens with one attached hydrogen (secondary N) is 1. The van der Waals surface area contributed by atoms with Crippen LogP contribution < -0.4 is 5.32 Å². The van der Waals surface area contributed by atoms with Crippen molar-refractivity contribution in [3.63, 3.8) is 0 Å². The Morgan fingerprint density at radius 1 is 1.14 bits per heavy atom. The highest BCUT2D eigenvalue weighted by Gasteiger charge is 2.34. The highest BCUT2D eigenvalue weighted by molar-refractivity contribution is 7.13. The van der Waals surface area contributed by atoms with E-state index in [0.717, 1.165) is 18.4 Å². The number of aryl methyl sites for hydroxylation is 1. The molecule has 0 unspecified atom stereocenters. The third kappa shape index (κ3) is 4.16. The molecular weight excluding hydrogens is 408 g/mol. The first-order chi connectivity index (χ1) is 14.0. The fraction of sp³-hybridized carbons (Fsp3) is 0.238. The Bertz CT molecular complexity index is 1050. The summed E-state index contributed by atoms with van der Waals surface area (Å²) in [5.41, 5.74) is 2.29. The zero-order chi connectivity index (χ0) is 20.4. The van der Waals surface area contributed by atoms with Crippen LogP contribution in [0.1, 0.15) is 49.6 Å². The van der Waals surface area contributed by atoms with Gasteiger partial charge in [0.1, 0.15) is 5.01 Å². The van der Waals surface area contributed by atoms with Crippen LogP contribution in [0.2, 0.25) is 5.02 Å². The van der Waals surface area contributed by atoms with Gasteiger partial charge in [-0.3, -0.25) is 9.59 Å². The molecule has 0 bridgehead atoms. The molecule has 0 aliphatic carbocycles. The lowest BCUT2D eigenvalue weighted by Crippen LogP contribution is -2.30. The molecule has 8 heteroatoms. The van der Waals surface area contributed by atoms with Gasteiger partial charge in [0.2, 0.25) is 5.01 Å². The van der Waals surface area contributed by atoms with Crippen molar-refractivity contribution in [3.8, 4) is 0 Å². The van der Waals surface area contributed by atoms with Gasteiger partial charge in [0.15, 0.2) is 0 Å². The van der Waals surface area contributed by atoms with E-state index in [1.807, 2.05) is 31.2 Å². The van der Waals surface area contributed by atoms with Gasteiger partial charge in [0.25, 0.3) is 11.8 Å². The highest BCUT2D eigenvalue weighted by atomic mass is 35.5. The second-order valence-corrected chi connectivity index (χ2v) is 8.32. The summed E-state index contributed by atoms with van der Waals surface area (Å²) in [7, 11) is 0. The van der Waals surface area contributed by atoms with Gasteiger partial charge in [-0.25, -0.2) is 0 Å². The Kier molecular flexibility index (Phi) is 5.60. The number of hydrogen-bond donors (Lipinski definition) is 1. The number of likely N-dealkylation sites (tertiary alicyclic amines) is 1. The quantitative estimate of drug-likeness (QED) is 0.654. The first kappa shape index (κ1) is 19.5. The zero-order valence-electron chi connectivity index (χ0n) is 15.8. The van der Waals surface area contributed by atoms with Gasteiger partial charge < -0.3 is 10.2 Å². The number of anilines is 1. The largest absolute Gasteiger partial charge is 0.329 e. The van der Waals surface area contributed by atoms with Gasteiger partial charge in [0.05, 0.1) is 16.6 Å². The van der Waals surface area contributed by atoms with Gasteiger partial charge in [-0.1, -0.05) is 52.8 Å². The lowest BCUT2D eigenvalue weighted by Gasteiger charge is -2.23. The van der Waals surface area contributed by atoms with Crippen LogP contribution in [-0.4, -0.2) is 33.5 Å². The maximum Gasteiger partial charge on any atom is 0.286 e. The maximum absolute atomic E-state index is 13.0. The molecule has 2 aromatic carbocycles. The van der Waals surface area contributed by atoms with E-state index in [-0.39, 0.29) is 22.9 Å². The molecule has 4 rings (SSSR count). The Labute approximate surface area is 177 Å². The van der Waals surface area contributed by atoms with Gasteiger partial charge >= 0.3 is 0 Å². The molecule has 1 aromatic heterocycles. The predicted octanol–water partition coefficient (Wildman–Crippen LogP) is 4.73. The fourth-order valence-electron chi connectivity index (χ4n) is 3.34. The van der Waals surface area contributed by atoms with Crippen molar-refractivity contribution in [2.45, 2.75) is 25.8 Å². The van der Waals surface area contributed by atoms with Crippen LogP contribution in [0, 0.1) is 6.92 Å². The van der Waals surface area contributed by atoms with E-state index in [4.69, 9.17) is 11.6 Å². The molecule has 0 spiro atoms. The van der Waals surface area contributed by atoms with Gasteiger partial charge in [-0.15, -0.1) is 10.2 Å². The molecule has 0 radical (unpaired) electrons. The maximum atomic E-state index is 13.0. The number of halogens is 1. The Morgan fingerprint density at radius 2 is 1.90 bits per heavy atom. The molecule has 0 saturated carbocycles. The second kappa shape index (κ2) is 8.31. The summed E-state index contributed by atoms with van der Waals surface area (Å²) in [6.45, 7) is 2.61. The van der Waals surface area contributed by atoms with Gasteiger partial charge in [-0.05, 0) is 44.0 Å². The standard InChI is InChI=1S/C21H19ClN4O2S/c1-13-8-10-14(11-9-13)23-18(27)20-25-24-19(29-20)17-7-4-12-26(17)21(28)15-5-2-3-6-16(15)22/h2-3,5-6,8-11,17H,4,7,12H2,1H3,(H,23,27)/t17-/m1/s1. The molecule has 2 heterocycles. The Hall–Kier alpha value is -2.77. The smallest absolute Gasteiger partial charge is 0.286 e. The van der Waals surface area contributed by atoms with E-state index < -0.39 is 0 Å². The number of amides is 2. The average Bonchev–Trinajstić information content (AvgIpc) is 3.39. The van der Waals surface area contributed by atoms with Crippen molar-refractivity contribution >= 4 is 40.4 Å². The van der Waals surface area contributed by atoms with Crippen molar-refractivity contribution in [3.05, 3.63) is 74.7 Å². The van der Waals surface area contributed by atoms with Crippen molar-refractivity contribution in [2.75, 3.05) is 11.9 Å². The van der Waals surface area contributed by atoms with Crippen LogP contribution in [0.25, 0.3) is 0 Å². The summed E-state index contributed by atoms with van der Waals surface area (Å²) < 4.78 is 0. The second-order valence-electron chi connectivity index (χ2n) is 6.90. The number of carbonyl (C=O) groups is 2. The zero-order valence-corrected chi connectivity index (χ0v) is 17.3. The summed E-state index contributed by atoms with van der Waals surface area (Å²) in [6, 6.07) is 14.4. The minimum Gasteiger partial charge on any atom is -0.329 e. The monoisotopic (exact) mass is 426 g/mol. The van der Waals surface area contributed by atoms with Crippen molar-refractivity contribution in [1.29, 1.82) is 0 Å². The molecule has 2 amide bonds. The Morgan fingerprint density at radius 3 is 2.66 bits per heavy atom. The predicted molar refractivity (Wildman–Crippen MR) is 114 cm³/mol. The number of carbonyl (C=O) groups excluding carboxylic acids is 2. The van der Waals surface area contributed by atoms with Crippen LogP contribution in [0.15, 0.2) is 48.5 Å². The number of benzene rings is 2. The molecule has 29 heavy (non-hydrogen) atoms. The summed E-state index contributed by atoms with van der Waals surface area (Å²) in [5.74, 6) is -0.432. The van der Waals surface area contributed by atoms with Crippen LogP contribution in [0.3, 0.4) is 0 Å². The average molecular weight is 427 g/mol. The normalized spacial score (nSPS) is 16.1. The summed E-state index contributed by atoms with van der Waals surface area (Å²) >= 11 is 7.42. The van der Waals surface area contributed by atoms with Crippen LogP contribution in [-0.2, 0) is 0 Å². The van der Waals surface area contributed by atoms with Gasteiger partial charge in [0, 0.05) is 12.2 Å². The topological polar surface area (TPSA) is 75.2 Å². The summed E-state index contributed by atoms with van der Waals surface area (Å²) in [6.07, 6.45) is 1.65. The number of hydrogen-bond acceptors (Lipinski definition) is 5. The van der Waals surface area contributed by atoms with Crippen LogP contribution in [0.4, 0.5) is 5.69 Å². The molecule has 1 aliphatic heterocycles. The van der Waals surface area contributed by atoms with E-state index in [2.05, 4.69) is 15.5 Å². The van der Waals surface area contributed by atoms with E-state index in [9.17, 15) is 9.59 Å². The molecular formula is C21H19ClN4O2S. The van der Waals surface area contributed by atoms with Gasteiger partial charge in [-0.2, -0.15) is 0 Å². The van der Waals surface area contributed by atoms with E-state index in [1.165, 1.54) is 11.3 Å². The lowest BCUT2D eigenvalue weighted by atomic mass is 10.1. The molecule has 1 aliphatic rings. The minimum absolute atomic E-state index is 0.126. The third-order valence-corrected chi connectivity index (χ3v) is 6.20. The van der Waals surface area contributed by atoms with Crippen LogP contribution >= 0.6 is 22.9 Å². The number of aromatic nitrogens is 2. The van der Waals surface area contributed by atoms with Crippen LogP contribution in [0.5, 0.6) is 0 Å². The molecule has 1 N–H and O–H groups in total. The number of nitrogens with zero attached hydrogens (tertiary/aromatic N) is 3. The number of rotatable bonds is 4. The molecule has 6 nitrogen and oxygen atoms in total.